The van der Waals surface area contributed by atoms with Gasteiger partial charge in [0.15, 0.2) is 11.8 Å². The van der Waals surface area contributed by atoms with Crippen LogP contribution in [0.4, 0.5) is 11.5 Å². The number of aliphatic imine (C=N–C) groups is 1. The number of carbonyl (C=O) groups excluding carboxylic acids is 1. The Kier molecular flexibility index (Phi) is 5.24. The van der Waals surface area contributed by atoms with Crippen molar-refractivity contribution in [2.45, 2.75) is 6.42 Å². The van der Waals surface area contributed by atoms with Crippen molar-refractivity contribution in [2.24, 2.45) is 16.5 Å². The summed E-state index contributed by atoms with van der Waals surface area (Å²) < 4.78 is 0. The summed E-state index contributed by atoms with van der Waals surface area (Å²) in [7, 11) is 0. The summed E-state index contributed by atoms with van der Waals surface area (Å²) >= 11 is 0. The van der Waals surface area contributed by atoms with Gasteiger partial charge in [-0.15, -0.1) is 0 Å². The van der Waals surface area contributed by atoms with Crippen molar-refractivity contribution < 1.29 is 4.79 Å². The molecule has 1 amide bonds. The van der Waals surface area contributed by atoms with Crippen LogP contribution in [-0.4, -0.2) is 16.9 Å². The lowest BCUT2D eigenvalue weighted by Crippen LogP contribution is -2.22. The molecule has 0 aliphatic carbocycles. The molecule has 3 rings (SSSR count). The molecule has 6 nitrogen and oxygen atoms in total. The van der Waals surface area contributed by atoms with Crippen LogP contribution in [-0.2, 0) is 11.2 Å². The number of nitrogens with two attached hydrogens (primary N) is 2. The van der Waals surface area contributed by atoms with Crippen LogP contribution < -0.4 is 16.8 Å². The van der Waals surface area contributed by atoms with Crippen molar-refractivity contribution in [3.8, 4) is 11.1 Å². The van der Waals surface area contributed by atoms with Crippen LogP contribution in [0, 0.1) is 0 Å². The first-order valence-corrected chi connectivity index (χ1v) is 8.10. The molecule has 6 heteroatoms. The largest absolute Gasteiger partial charge is 0.370 e. The summed E-state index contributed by atoms with van der Waals surface area (Å²) in [4.78, 5) is 20.2. The minimum Gasteiger partial charge on any atom is -0.370 e. The van der Waals surface area contributed by atoms with Crippen LogP contribution >= 0.6 is 0 Å². The number of anilines is 1. The normalized spacial score (nSPS) is 10.2. The number of guanidine groups is 1. The lowest BCUT2D eigenvalue weighted by atomic mass is 10.1. The van der Waals surface area contributed by atoms with Gasteiger partial charge in [-0.1, -0.05) is 42.5 Å². The van der Waals surface area contributed by atoms with E-state index in [1.165, 1.54) is 0 Å². The second kappa shape index (κ2) is 7.94. The Balaban J connectivity index is 1.64. The van der Waals surface area contributed by atoms with Gasteiger partial charge in [-0.05, 0) is 35.4 Å². The molecule has 5 N–H and O–H groups in total. The topological polar surface area (TPSA) is 106 Å². The highest BCUT2D eigenvalue weighted by Gasteiger charge is 2.05. The molecule has 0 saturated carbocycles. The molecule has 2 aromatic carbocycles. The SMILES string of the molecule is NC(N)=Nc1ccc(-c2ccc(NC(=O)Cc3ccccc3)cc2)cn1. The first-order valence-electron chi connectivity index (χ1n) is 8.10. The van der Waals surface area contributed by atoms with E-state index >= 15 is 0 Å². The van der Waals surface area contributed by atoms with Gasteiger partial charge in [-0.25, -0.2) is 4.98 Å². The highest BCUT2D eigenvalue weighted by molar-refractivity contribution is 5.92. The summed E-state index contributed by atoms with van der Waals surface area (Å²) in [5, 5.41) is 2.90. The quantitative estimate of drug-likeness (QED) is 0.488. The van der Waals surface area contributed by atoms with E-state index in [2.05, 4.69) is 15.3 Å². The summed E-state index contributed by atoms with van der Waals surface area (Å²) in [6.07, 6.45) is 2.05. The van der Waals surface area contributed by atoms with E-state index in [0.29, 0.717) is 12.2 Å². The van der Waals surface area contributed by atoms with Crippen LogP contribution in [0.1, 0.15) is 5.56 Å². The van der Waals surface area contributed by atoms with Gasteiger partial charge >= 0.3 is 0 Å². The molecule has 0 radical (unpaired) electrons. The van der Waals surface area contributed by atoms with E-state index in [1.807, 2.05) is 60.7 Å². The number of nitrogens with one attached hydrogen (secondary N) is 1. The molecule has 0 fully saturated rings. The van der Waals surface area contributed by atoms with Gasteiger partial charge in [0.2, 0.25) is 5.91 Å². The fourth-order valence-electron chi connectivity index (χ4n) is 2.49. The highest BCUT2D eigenvalue weighted by Crippen LogP contribution is 2.22. The molecular weight excluding hydrogens is 326 g/mol. The number of hydrogen-bond donors (Lipinski definition) is 3. The maximum Gasteiger partial charge on any atom is 0.228 e. The van der Waals surface area contributed by atoms with E-state index in [-0.39, 0.29) is 11.9 Å². The minimum absolute atomic E-state index is 0.0270. The third-order valence-corrected chi connectivity index (χ3v) is 3.70. The standard InChI is InChI=1S/C20H19N5O/c21-20(22)25-18-11-8-16(13-23-18)15-6-9-17(10-7-15)24-19(26)12-14-4-2-1-3-5-14/h1-11,13H,12H2,(H,24,26)(H4,21,22,23,25). The van der Waals surface area contributed by atoms with Crippen molar-refractivity contribution in [2.75, 3.05) is 5.32 Å². The third kappa shape index (κ3) is 4.67. The molecule has 0 aliphatic rings. The van der Waals surface area contributed by atoms with Crippen molar-refractivity contribution in [3.63, 3.8) is 0 Å². The van der Waals surface area contributed by atoms with Gasteiger partial charge in [0.05, 0.1) is 6.42 Å². The number of amides is 1. The molecule has 1 heterocycles. The van der Waals surface area contributed by atoms with Gasteiger partial charge in [-0.2, -0.15) is 4.99 Å². The molecule has 3 aromatic rings. The Labute approximate surface area is 151 Å². The molecule has 0 bridgehead atoms. The van der Waals surface area contributed by atoms with E-state index in [0.717, 1.165) is 22.4 Å². The van der Waals surface area contributed by atoms with Gasteiger partial charge in [0, 0.05) is 17.4 Å². The number of hydrogen-bond acceptors (Lipinski definition) is 3. The maximum absolute atomic E-state index is 12.1. The monoisotopic (exact) mass is 345 g/mol. The Morgan fingerprint density at radius 3 is 2.23 bits per heavy atom. The van der Waals surface area contributed by atoms with Gasteiger partial charge in [0.25, 0.3) is 0 Å². The first-order chi connectivity index (χ1) is 12.6. The molecule has 0 aliphatic heterocycles. The zero-order valence-corrected chi connectivity index (χ0v) is 14.1. The predicted octanol–water partition coefficient (Wildman–Crippen LogP) is 2.83. The molecule has 0 spiro atoms. The average Bonchev–Trinajstić information content (AvgIpc) is 2.63. The minimum atomic E-state index is -0.0489. The molecule has 26 heavy (non-hydrogen) atoms. The number of pyridine rings is 1. The van der Waals surface area contributed by atoms with Crippen molar-refractivity contribution in [1.82, 2.24) is 4.98 Å². The maximum atomic E-state index is 12.1. The molecule has 0 saturated heterocycles. The lowest BCUT2D eigenvalue weighted by molar-refractivity contribution is -0.115. The summed E-state index contributed by atoms with van der Waals surface area (Å²) in [5.74, 6) is 0.381. The van der Waals surface area contributed by atoms with E-state index in [4.69, 9.17) is 11.5 Å². The van der Waals surface area contributed by atoms with Crippen LogP contribution in [0.2, 0.25) is 0 Å². The number of benzene rings is 2. The number of nitrogens with zero attached hydrogens (tertiary/aromatic N) is 2. The van der Waals surface area contributed by atoms with Crippen molar-refractivity contribution in [3.05, 3.63) is 78.5 Å². The van der Waals surface area contributed by atoms with Crippen LogP contribution in [0.25, 0.3) is 11.1 Å². The summed E-state index contributed by atoms with van der Waals surface area (Å²) in [6, 6.07) is 20.8. The summed E-state index contributed by atoms with van der Waals surface area (Å²) in [6.45, 7) is 0. The van der Waals surface area contributed by atoms with Crippen LogP contribution in [0.15, 0.2) is 77.9 Å². The second-order valence-corrected chi connectivity index (χ2v) is 5.73. The Morgan fingerprint density at radius 1 is 0.923 bits per heavy atom. The fourth-order valence-corrected chi connectivity index (χ4v) is 2.49. The Bertz CT molecular complexity index is 899. The number of carbonyl (C=O) groups is 1. The van der Waals surface area contributed by atoms with Gasteiger partial charge in [0.1, 0.15) is 0 Å². The third-order valence-electron chi connectivity index (χ3n) is 3.70. The molecule has 0 atom stereocenters. The first kappa shape index (κ1) is 17.2. The van der Waals surface area contributed by atoms with E-state index in [9.17, 15) is 4.79 Å². The smallest absolute Gasteiger partial charge is 0.228 e. The van der Waals surface area contributed by atoms with Crippen LogP contribution in [0.3, 0.4) is 0 Å². The van der Waals surface area contributed by atoms with E-state index < -0.39 is 0 Å². The molecule has 0 unspecified atom stereocenters. The summed E-state index contributed by atoms with van der Waals surface area (Å²) in [5.41, 5.74) is 14.3. The average molecular weight is 345 g/mol. The van der Waals surface area contributed by atoms with Crippen LogP contribution in [0.5, 0.6) is 0 Å². The fraction of sp³-hybridized carbons (Fsp3) is 0.0500. The van der Waals surface area contributed by atoms with Crippen molar-refractivity contribution in [1.29, 1.82) is 0 Å². The van der Waals surface area contributed by atoms with Crippen molar-refractivity contribution >= 4 is 23.4 Å². The Morgan fingerprint density at radius 2 is 1.62 bits per heavy atom. The molecular formula is C20H19N5O. The molecule has 1 aromatic heterocycles. The zero-order chi connectivity index (χ0) is 18.4. The van der Waals surface area contributed by atoms with Gasteiger partial charge < -0.3 is 16.8 Å². The predicted molar refractivity (Wildman–Crippen MR) is 104 cm³/mol. The Hall–Kier alpha value is -3.67. The second-order valence-electron chi connectivity index (χ2n) is 5.73. The lowest BCUT2D eigenvalue weighted by Gasteiger charge is -2.07. The number of rotatable bonds is 5. The van der Waals surface area contributed by atoms with E-state index in [1.54, 1.807) is 12.3 Å². The van der Waals surface area contributed by atoms with Gasteiger partial charge in [-0.3, -0.25) is 4.79 Å². The molecule has 130 valence electrons. The highest BCUT2D eigenvalue weighted by atomic mass is 16.1. The number of aromatic nitrogens is 1. The zero-order valence-electron chi connectivity index (χ0n) is 14.1.